The van der Waals surface area contributed by atoms with Crippen LogP contribution >= 0.6 is 11.6 Å². The molecule has 0 bridgehead atoms. The molecule has 18 heavy (non-hydrogen) atoms. The first-order valence-corrected chi connectivity index (χ1v) is 6.31. The zero-order chi connectivity index (χ0) is 13.1. The molecule has 0 aliphatic rings. The van der Waals surface area contributed by atoms with Gasteiger partial charge in [0.15, 0.2) is 5.82 Å². The van der Waals surface area contributed by atoms with Gasteiger partial charge < -0.3 is 5.73 Å². The summed E-state index contributed by atoms with van der Waals surface area (Å²) in [4.78, 5) is 0. The Morgan fingerprint density at radius 3 is 2.94 bits per heavy atom. The van der Waals surface area contributed by atoms with Crippen molar-refractivity contribution in [1.82, 2.24) is 20.2 Å². The predicted molar refractivity (Wildman–Crippen MR) is 72.1 cm³/mol. The summed E-state index contributed by atoms with van der Waals surface area (Å²) in [6.45, 7) is 5.07. The van der Waals surface area contributed by atoms with Crippen LogP contribution in [0.5, 0.6) is 0 Å². The van der Waals surface area contributed by atoms with Gasteiger partial charge in [-0.1, -0.05) is 31.9 Å². The number of nitrogens with two attached hydrogens (primary N) is 1. The maximum absolute atomic E-state index is 5.99. The fourth-order valence-electron chi connectivity index (χ4n) is 1.67. The molecule has 0 aliphatic carbocycles. The molecule has 0 saturated heterocycles. The van der Waals surface area contributed by atoms with Crippen LogP contribution in [0.4, 0.5) is 5.69 Å². The molecular formula is C12H16ClN5. The molecule has 1 atom stereocenters. The number of halogens is 1. The molecule has 1 heterocycles. The molecule has 0 radical (unpaired) electrons. The summed E-state index contributed by atoms with van der Waals surface area (Å²) in [7, 11) is 0. The summed E-state index contributed by atoms with van der Waals surface area (Å²) in [5.41, 5.74) is 7.34. The molecule has 0 spiro atoms. The van der Waals surface area contributed by atoms with E-state index in [1.54, 1.807) is 22.9 Å². The molecule has 1 unspecified atom stereocenters. The lowest BCUT2D eigenvalue weighted by atomic mass is 10.1. The monoisotopic (exact) mass is 265 g/mol. The molecule has 1 aromatic heterocycles. The van der Waals surface area contributed by atoms with E-state index >= 15 is 0 Å². The highest BCUT2D eigenvalue weighted by molar-refractivity contribution is 6.31. The van der Waals surface area contributed by atoms with Gasteiger partial charge in [-0.15, -0.1) is 5.10 Å². The average molecular weight is 266 g/mol. The maximum atomic E-state index is 5.99. The van der Waals surface area contributed by atoms with E-state index in [1.165, 1.54) is 0 Å². The Bertz CT molecular complexity index is 537. The molecular weight excluding hydrogens is 250 g/mol. The molecule has 2 aromatic rings. The lowest BCUT2D eigenvalue weighted by molar-refractivity contribution is 0.434. The van der Waals surface area contributed by atoms with Crippen LogP contribution in [0, 0.1) is 5.92 Å². The highest BCUT2D eigenvalue weighted by atomic mass is 35.5. The molecule has 0 aliphatic heterocycles. The third kappa shape index (κ3) is 2.61. The van der Waals surface area contributed by atoms with Crippen molar-refractivity contribution in [2.75, 3.05) is 5.73 Å². The van der Waals surface area contributed by atoms with E-state index in [2.05, 4.69) is 29.4 Å². The third-order valence-corrected chi connectivity index (χ3v) is 3.20. The van der Waals surface area contributed by atoms with Crippen LogP contribution in [0.3, 0.4) is 0 Å². The summed E-state index contributed by atoms with van der Waals surface area (Å²) in [5.74, 6) is 1.17. The topological polar surface area (TPSA) is 69.6 Å². The highest BCUT2D eigenvalue weighted by Gasteiger charge is 2.14. The summed E-state index contributed by atoms with van der Waals surface area (Å²) in [5, 5.41) is 12.4. The normalized spacial score (nSPS) is 12.6. The first kappa shape index (κ1) is 12.8. The van der Waals surface area contributed by atoms with Gasteiger partial charge >= 0.3 is 0 Å². The predicted octanol–water partition coefficient (Wildman–Crippen LogP) is 2.62. The smallest absolute Gasteiger partial charge is 0.184 e. The lowest BCUT2D eigenvalue weighted by Crippen LogP contribution is -2.10. The molecule has 0 amide bonds. The Hall–Kier alpha value is -1.62. The van der Waals surface area contributed by atoms with E-state index in [-0.39, 0.29) is 0 Å². The first-order valence-electron chi connectivity index (χ1n) is 5.93. The Balaban J connectivity index is 2.39. The summed E-state index contributed by atoms with van der Waals surface area (Å²) in [6.07, 6.45) is 1.07. The van der Waals surface area contributed by atoms with E-state index in [0.29, 0.717) is 22.5 Å². The largest absolute Gasteiger partial charge is 0.398 e. The van der Waals surface area contributed by atoms with Crippen molar-refractivity contribution >= 4 is 17.3 Å². The van der Waals surface area contributed by atoms with Gasteiger partial charge in [-0.05, 0) is 34.5 Å². The number of nitrogen functional groups attached to an aromatic ring is 1. The third-order valence-electron chi connectivity index (χ3n) is 2.97. The lowest BCUT2D eigenvalue weighted by Gasteiger charge is -2.11. The van der Waals surface area contributed by atoms with Gasteiger partial charge in [0.1, 0.15) is 0 Å². The molecule has 2 rings (SSSR count). The second kappa shape index (κ2) is 5.35. The fraction of sp³-hybridized carbons (Fsp3) is 0.417. The second-order valence-electron chi connectivity index (χ2n) is 4.43. The van der Waals surface area contributed by atoms with Crippen molar-refractivity contribution in [1.29, 1.82) is 0 Å². The van der Waals surface area contributed by atoms with Crippen molar-refractivity contribution in [3.05, 3.63) is 23.2 Å². The van der Waals surface area contributed by atoms with E-state index < -0.39 is 0 Å². The van der Waals surface area contributed by atoms with E-state index in [1.807, 2.05) is 0 Å². The molecule has 1 aromatic carbocycles. The standard InChI is InChI=1S/C12H16ClN5/c1-3-8(2)7-18-12(15-16-17-18)10-6-9(13)4-5-11(10)14/h4-6,8H,3,7,14H2,1-2H3. The first-order chi connectivity index (χ1) is 8.61. The number of anilines is 1. The van der Waals surface area contributed by atoms with Crippen LogP contribution in [0.15, 0.2) is 18.2 Å². The molecule has 5 nitrogen and oxygen atoms in total. The fourth-order valence-corrected chi connectivity index (χ4v) is 1.84. The Morgan fingerprint density at radius 1 is 1.44 bits per heavy atom. The van der Waals surface area contributed by atoms with Crippen molar-refractivity contribution in [2.45, 2.75) is 26.8 Å². The molecule has 96 valence electrons. The number of rotatable bonds is 4. The number of nitrogens with zero attached hydrogens (tertiary/aromatic N) is 4. The number of hydrogen-bond donors (Lipinski definition) is 1. The maximum Gasteiger partial charge on any atom is 0.184 e. The van der Waals surface area contributed by atoms with Crippen LogP contribution in [0.1, 0.15) is 20.3 Å². The summed E-state index contributed by atoms with van der Waals surface area (Å²) < 4.78 is 1.77. The summed E-state index contributed by atoms with van der Waals surface area (Å²) >= 11 is 5.99. The SMILES string of the molecule is CCC(C)Cn1nnnc1-c1cc(Cl)ccc1N. The molecule has 2 N–H and O–H groups in total. The van der Waals surface area contributed by atoms with Crippen LogP contribution in [-0.4, -0.2) is 20.2 Å². The quantitative estimate of drug-likeness (QED) is 0.863. The van der Waals surface area contributed by atoms with Gasteiger partial charge in [0.2, 0.25) is 0 Å². The van der Waals surface area contributed by atoms with Gasteiger partial charge in [0, 0.05) is 22.8 Å². The van der Waals surface area contributed by atoms with E-state index in [9.17, 15) is 0 Å². The van der Waals surface area contributed by atoms with Crippen molar-refractivity contribution < 1.29 is 0 Å². The zero-order valence-corrected chi connectivity index (χ0v) is 11.2. The van der Waals surface area contributed by atoms with Crippen molar-refractivity contribution in [2.24, 2.45) is 5.92 Å². The van der Waals surface area contributed by atoms with Crippen molar-refractivity contribution in [3.8, 4) is 11.4 Å². The number of aromatic nitrogens is 4. The van der Waals surface area contributed by atoms with E-state index in [0.717, 1.165) is 18.5 Å². The van der Waals surface area contributed by atoms with Gasteiger partial charge in [-0.2, -0.15) is 0 Å². The highest BCUT2D eigenvalue weighted by Crippen LogP contribution is 2.27. The second-order valence-corrected chi connectivity index (χ2v) is 4.87. The van der Waals surface area contributed by atoms with Crippen molar-refractivity contribution in [3.63, 3.8) is 0 Å². The van der Waals surface area contributed by atoms with Gasteiger partial charge in [0.25, 0.3) is 0 Å². The minimum absolute atomic E-state index is 0.507. The number of hydrogen-bond acceptors (Lipinski definition) is 4. The molecule has 0 fully saturated rings. The van der Waals surface area contributed by atoms with Gasteiger partial charge in [0.05, 0.1) is 0 Å². The minimum atomic E-state index is 0.507. The average Bonchev–Trinajstić information content (AvgIpc) is 2.80. The Kier molecular flexibility index (Phi) is 3.81. The zero-order valence-electron chi connectivity index (χ0n) is 10.5. The number of tetrazole rings is 1. The van der Waals surface area contributed by atoms with Crippen LogP contribution < -0.4 is 5.73 Å². The van der Waals surface area contributed by atoms with Crippen LogP contribution in [0.2, 0.25) is 5.02 Å². The van der Waals surface area contributed by atoms with Gasteiger partial charge in [-0.3, -0.25) is 0 Å². The van der Waals surface area contributed by atoms with Crippen LogP contribution in [0.25, 0.3) is 11.4 Å². The molecule has 6 heteroatoms. The van der Waals surface area contributed by atoms with Crippen LogP contribution in [-0.2, 0) is 6.54 Å². The van der Waals surface area contributed by atoms with E-state index in [4.69, 9.17) is 17.3 Å². The Morgan fingerprint density at radius 2 is 2.22 bits per heavy atom. The number of benzene rings is 1. The molecule has 0 saturated carbocycles. The summed E-state index contributed by atoms with van der Waals surface area (Å²) in [6, 6.07) is 5.30. The van der Waals surface area contributed by atoms with Gasteiger partial charge in [-0.25, -0.2) is 4.68 Å². The minimum Gasteiger partial charge on any atom is -0.398 e. The Labute approximate surface area is 111 Å².